The van der Waals surface area contributed by atoms with Gasteiger partial charge < -0.3 is 24.3 Å². The van der Waals surface area contributed by atoms with Gasteiger partial charge in [0, 0.05) is 19.5 Å². The number of carbonyl (C=O) groups excluding carboxylic acids is 2. The number of nitrogens with zero attached hydrogens (tertiary/aromatic N) is 1. The summed E-state index contributed by atoms with van der Waals surface area (Å²) in [5.41, 5.74) is 0.382. The molecule has 1 atom stereocenters. The van der Waals surface area contributed by atoms with E-state index in [1.165, 1.54) is 0 Å². The molecule has 1 aromatic rings. The number of amides is 2. The Labute approximate surface area is 193 Å². The Morgan fingerprint density at radius 3 is 1.97 bits per heavy atom. The van der Waals surface area contributed by atoms with E-state index >= 15 is 0 Å². The zero-order valence-corrected chi connectivity index (χ0v) is 21.1. The van der Waals surface area contributed by atoms with Crippen molar-refractivity contribution in [2.75, 3.05) is 13.1 Å². The van der Waals surface area contributed by atoms with E-state index in [9.17, 15) is 9.59 Å². The fourth-order valence-corrected chi connectivity index (χ4v) is 3.43. The molecule has 2 amide bonds. The van der Waals surface area contributed by atoms with Crippen molar-refractivity contribution in [1.82, 2.24) is 10.2 Å². The fourth-order valence-electron chi connectivity index (χ4n) is 3.43. The van der Waals surface area contributed by atoms with Crippen LogP contribution >= 0.6 is 0 Å². The van der Waals surface area contributed by atoms with E-state index in [4.69, 9.17) is 14.0 Å². The van der Waals surface area contributed by atoms with Gasteiger partial charge in [0.15, 0.2) is 0 Å². The van der Waals surface area contributed by atoms with Gasteiger partial charge in [-0.25, -0.2) is 4.79 Å². The molecule has 1 aromatic carbocycles. The molecule has 0 saturated carbocycles. The van der Waals surface area contributed by atoms with Gasteiger partial charge in [0.2, 0.25) is 5.91 Å². The van der Waals surface area contributed by atoms with Crippen LogP contribution in [0.2, 0.25) is 0 Å². The molecule has 1 saturated heterocycles. The summed E-state index contributed by atoms with van der Waals surface area (Å²) in [7, 11) is -0.443. The Balaban J connectivity index is 2.16. The molecule has 7 nitrogen and oxygen atoms in total. The van der Waals surface area contributed by atoms with Crippen molar-refractivity contribution in [1.29, 1.82) is 0 Å². The van der Waals surface area contributed by atoms with Gasteiger partial charge in [0.05, 0.1) is 11.2 Å². The number of carbonyl (C=O) groups is 2. The fraction of sp³-hybridized carbons (Fsp3) is 0.667. The first-order valence-electron chi connectivity index (χ1n) is 11.4. The van der Waals surface area contributed by atoms with Gasteiger partial charge in [-0.2, -0.15) is 0 Å². The molecule has 0 unspecified atom stereocenters. The number of benzene rings is 1. The number of hydrogen-bond acceptors (Lipinski definition) is 5. The number of ether oxygens (including phenoxy) is 1. The van der Waals surface area contributed by atoms with Crippen LogP contribution in [0.4, 0.5) is 4.79 Å². The molecule has 1 aliphatic heterocycles. The van der Waals surface area contributed by atoms with Crippen LogP contribution in [0.3, 0.4) is 0 Å². The van der Waals surface area contributed by atoms with Gasteiger partial charge in [0.25, 0.3) is 0 Å². The third kappa shape index (κ3) is 6.48. The van der Waals surface area contributed by atoms with Crippen molar-refractivity contribution >= 4 is 24.6 Å². The Kier molecular flexibility index (Phi) is 8.05. The van der Waals surface area contributed by atoms with Crippen LogP contribution in [0, 0.1) is 0 Å². The minimum atomic E-state index is -0.715. The molecule has 1 fully saturated rings. The summed E-state index contributed by atoms with van der Waals surface area (Å²) >= 11 is 0. The predicted octanol–water partition coefficient (Wildman–Crippen LogP) is 3.29. The van der Waals surface area contributed by atoms with Gasteiger partial charge in [-0.15, -0.1) is 0 Å². The second-order valence-corrected chi connectivity index (χ2v) is 10.2. The Bertz CT molecular complexity index is 782. The molecule has 0 bridgehead atoms. The summed E-state index contributed by atoms with van der Waals surface area (Å²) in [6.07, 6.45) is -0.241. The molecule has 1 heterocycles. The number of alkyl carbamates (subject to hydrolysis) is 1. The normalized spacial score (nSPS) is 18.2. The minimum Gasteiger partial charge on any atom is -0.444 e. The average molecular weight is 446 g/mol. The lowest BCUT2D eigenvalue weighted by atomic mass is 9.78. The summed E-state index contributed by atoms with van der Waals surface area (Å²) in [6, 6.07) is 7.07. The average Bonchev–Trinajstić information content (AvgIpc) is 2.88. The van der Waals surface area contributed by atoms with E-state index in [-0.39, 0.29) is 5.91 Å². The highest BCUT2D eigenvalue weighted by molar-refractivity contribution is 6.62. The quantitative estimate of drug-likeness (QED) is 0.651. The molecule has 2 rings (SSSR count). The van der Waals surface area contributed by atoms with Crippen molar-refractivity contribution in [3.05, 3.63) is 29.8 Å². The van der Waals surface area contributed by atoms with Gasteiger partial charge in [-0.3, -0.25) is 4.79 Å². The Morgan fingerprint density at radius 2 is 1.53 bits per heavy atom. The first kappa shape index (κ1) is 26.2. The minimum absolute atomic E-state index is 0.129. The standard InChI is InChI=1S/C24H39BN2O5/c1-10-27(11-2)20(28)19(26-21(29)30-22(3,4)5)16-17-12-14-18(15-13-17)25-31-23(6,7)24(8,9)32-25/h12-15,19H,10-11,16H2,1-9H3,(H,26,29)/t19-/m0/s1. The van der Waals surface area contributed by atoms with Crippen LogP contribution in [0.1, 0.15) is 67.9 Å². The molecule has 8 heteroatoms. The molecule has 0 spiro atoms. The topological polar surface area (TPSA) is 77.1 Å². The van der Waals surface area contributed by atoms with Crippen molar-refractivity contribution in [2.45, 2.75) is 91.6 Å². The Hall–Kier alpha value is -2.06. The van der Waals surface area contributed by atoms with Crippen LogP contribution in [-0.4, -0.2) is 60.0 Å². The number of hydrogen-bond donors (Lipinski definition) is 1. The maximum atomic E-state index is 13.0. The predicted molar refractivity (Wildman–Crippen MR) is 127 cm³/mol. The van der Waals surface area contributed by atoms with E-state index in [2.05, 4.69) is 5.32 Å². The van der Waals surface area contributed by atoms with E-state index in [1.54, 1.807) is 25.7 Å². The smallest absolute Gasteiger partial charge is 0.444 e. The summed E-state index contributed by atoms with van der Waals surface area (Å²) in [6.45, 7) is 18.5. The maximum Gasteiger partial charge on any atom is 0.494 e. The molecule has 178 valence electrons. The molecule has 0 aliphatic carbocycles. The van der Waals surface area contributed by atoms with Crippen molar-refractivity contribution in [2.24, 2.45) is 0 Å². The lowest BCUT2D eigenvalue weighted by Crippen LogP contribution is -2.50. The Morgan fingerprint density at radius 1 is 1.03 bits per heavy atom. The van der Waals surface area contributed by atoms with Crippen molar-refractivity contribution in [3.8, 4) is 0 Å². The van der Waals surface area contributed by atoms with Crippen molar-refractivity contribution in [3.63, 3.8) is 0 Å². The van der Waals surface area contributed by atoms with Gasteiger partial charge >= 0.3 is 13.2 Å². The zero-order valence-electron chi connectivity index (χ0n) is 21.1. The monoisotopic (exact) mass is 446 g/mol. The summed E-state index contributed by atoms with van der Waals surface area (Å²) < 4.78 is 17.6. The highest BCUT2D eigenvalue weighted by atomic mass is 16.7. The lowest BCUT2D eigenvalue weighted by molar-refractivity contribution is -0.133. The maximum absolute atomic E-state index is 13.0. The number of nitrogens with one attached hydrogen (secondary N) is 1. The van der Waals surface area contributed by atoms with Crippen LogP contribution < -0.4 is 10.8 Å². The van der Waals surface area contributed by atoms with Crippen LogP contribution in [-0.2, 0) is 25.3 Å². The number of rotatable bonds is 7. The first-order valence-corrected chi connectivity index (χ1v) is 11.4. The third-order valence-corrected chi connectivity index (χ3v) is 6.01. The molecule has 1 N–H and O–H groups in total. The van der Waals surface area contributed by atoms with Crippen LogP contribution in [0.25, 0.3) is 0 Å². The molecule has 0 radical (unpaired) electrons. The lowest BCUT2D eigenvalue weighted by Gasteiger charge is -2.32. The van der Waals surface area contributed by atoms with Crippen LogP contribution in [0.5, 0.6) is 0 Å². The second kappa shape index (κ2) is 9.83. The highest BCUT2D eigenvalue weighted by Crippen LogP contribution is 2.36. The van der Waals surface area contributed by atoms with E-state index in [1.807, 2.05) is 65.8 Å². The first-order chi connectivity index (χ1) is 14.7. The molecule has 0 aromatic heterocycles. The summed E-state index contributed by atoms with van der Waals surface area (Å²) in [4.78, 5) is 27.1. The van der Waals surface area contributed by atoms with Gasteiger partial charge in [0.1, 0.15) is 11.6 Å². The van der Waals surface area contributed by atoms with E-state index in [0.717, 1.165) is 11.0 Å². The molecule has 32 heavy (non-hydrogen) atoms. The molecular weight excluding hydrogens is 407 g/mol. The largest absolute Gasteiger partial charge is 0.494 e. The second-order valence-electron chi connectivity index (χ2n) is 10.2. The third-order valence-electron chi connectivity index (χ3n) is 6.01. The van der Waals surface area contributed by atoms with Gasteiger partial charge in [-0.1, -0.05) is 24.3 Å². The SMILES string of the molecule is CCN(CC)C(=O)[C@H](Cc1ccc(B2OC(C)(C)C(C)(C)O2)cc1)NC(=O)OC(C)(C)C. The number of likely N-dealkylation sites (N-methyl/N-ethyl adjacent to an activating group) is 1. The summed E-state index contributed by atoms with van der Waals surface area (Å²) in [5, 5.41) is 2.76. The molecule has 1 aliphatic rings. The zero-order chi connectivity index (χ0) is 24.3. The van der Waals surface area contributed by atoms with E-state index in [0.29, 0.717) is 19.5 Å². The highest BCUT2D eigenvalue weighted by Gasteiger charge is 2.51. The summed E-state index contributed by atoms with van der Waals surface area (Å²) in [5.74, 6) is -0.129. The van der Waals surface area contributed by atoms with Gasteiger partial charge in [-0.05, 0) is 73.3 Å². The van der Waals surface area contributed by atoms with Crippen molar-refractivity contribution < 1.29 is 23.6 Å². The van der Waals surface area contributed by atoms with E-state index < -0.39 is 36.1 Å². The molecular formula is C24H39BN2O5. The van der Waals surface area contributed by atoms with Crippen LogP contribution in [0.15, 0.2) is 24.3 Å².